The Hall–Kier alpha value is 0.1000. The number of fused-ring (bicyclic) bond motifs is 1. The molecular weight excluding hydrogens is 310 g/mol. The van der Waals surface area contributed by atoms with E-state index in [0.29, 0.717) is 0 Å². The average Bonchev–Trinajstić information content (AvgIpc) is 2.17. The Kier molecular flexibility index (Phi) is 6.61. The second-order valence-corrected chi connectivity index (χ2v) is 3.34. The first-order valence-corrected chi connectivity index (χ1v) is 4.36. The lowest BCUT2D eigenvalue weighted by Crippen LogP contribution is -2.31. The molecule has 2 N–H and O–H groups in total. The van der Waals surface area contributed by atoms with Crippen molar-refractivity contribution < 1.29 is 5.21 Å². The van der Waals surface area contributed by atoms with E-state index in [0.717, 1.165) is 19.3 Å². The van der Waals surface area contributed by atoms with Crippen LogP contribution >= 0.6 is 34.0 Å². The second kappa shape index (κ2) is 6.56. The average molecular weight is 325 g/mol. The Morgan fingerprint density at radius 2 is 1.79 bits per heavy atom. The number of hydrogen-bond acceptors (Lipinski definition) is 2. The van der Waals surface area contributed by atoms with E-state index in [1.165, 1.54) is 11.1 Å². The minimum atomic E-state index is 0. The molecule has 4 heteroatoms. The van der Waals surface area contributed by atoms with E-state index >= 15 is 0 Å². The van der Waals surface area contributed by atoms with E-state index in [-0.39, 0.29) is 40.0 Å². The first kappa shape index (κ1) is 14.1. The molecule has 0 spiro atoms. The highest BCUT2D eigenvalue weighted by atomic mass is 79.9. The number of rotatable bonds is 1. The van der Waals surface area contributed by atoms with Crippen LogP contribution in [0.5, 0.6) is 0 Å². The Labute approximate surface area is 105 Å². The maximum absolute atomic E-state index is 8.77. The zero-order valence-corrected chi connectivity index (χ0v) is 11.2. The summed E-state index contributed by atoms with van der Waals surface area (Å²) in [5, 5.41) is 8.77. The van der Waals surface area contributed by atoms with Gasteiger partial charge in [0.1, 0.15) is 0 Å². The van der Waals surface area contributed by atoms with Crippen LogP contribution in [0.1, 0.15) is 17.5 Å². The van der Waals surface area contributed by atoms with Gasteiger partial charge in [-0.05, 0) is 30.4 Å². The molecule has 0 fully saturated rings. The van der Waals surface area contributed by atoms with Gasteiger partial charge in [-0.2, -0.15) is 0 Å². The van der Waals surface area contributed by atoms with Crippen molar-refractivity contribution in [2.24, 2.45) is 0 Å². The molecule has 1 aliphatic carbocycles. The van der Waals surface area contributed by atoms with Crippen LogP contribution in [0.3, 0.4) is 0 Å². The fourth-order valence-corrected chi connectivity index (χ4v) is 1.81. The van der Waals surface area contributed by atoms with Crippen molar-refractivity contribution in [2.45, 2.75) is 25.3 Å². The fourth-order valence-electron chi connectivity index (χ4n) is 1.81. The standard InChI is InChI=1S/C10H13NO.2BrH/c12-11-10-6-5-8-3-1-2-4-9(8)7-10;;/h1-4,10-12H,5-7H2;2*1H. The summed E-state index contributed by atoms with van der Waals surface area (Å²) >= 11 is 0. The van der Waals surface area contributed by atoms with E-state index in [4.69, 9.17) is 5.21 Å². The number of aryl methyl sites for hydroxylation is 1. The van der Waals surface area contributed by atoms with Crippen LogP contribution in [0.2, 0.25) is 0 Å². The molecule has 0 bridgehead atoms. The summed E-state index contributed by atoms with van der Waals surface area (Å²) in [5.74, 6) is 0. The van der Waals surface area contributed by atoms with Gasteiger partial charge in [-0.3, -0.25) is 0 Å². The lowest BCUT2D eigenvalue weighted by Gasteiger charge is -2.22. The zero-order valence-electron chi connectivity index (χ0n) is 7.77. The molecule has 0 aliphatic heterocycles. The van der Waals surface area contributed by atoms with Gasteiger partial charge in [0.2, 0.25) is 0 Å². The van der Waals surface area contributed by atoms with Crippen molar-refractivity contribution in [1.29, 1.82) is 0 Å². The molecule has 0 radical (unpaired) electrons. The van der Waals surface area contributed by atoms with Gasteiger partial charge in [-0.15, -0.1) is 34.0 Å². The van der Waals surface area contributed by atoms with Crippen LogP contribution in [-0.2, 0) is 12.8 Å². The lowest BCUT2D eigenvalue weighted by molar-refractivity contribution is 0.119. The molecule has 1 aliphatic rings. The second-order valence-electron chi connectivity index (χ2n) is 3.34. The molecule has 0 saturated heterocycles. The summed E-state index contributed by atoms with van der Waals surface area (Å²) < 4.78 is 0. The number of benzene rings is 1. The smallest absolute Gasteiger partial charge is 0.0363 e. The topological polar surface area (TPSA) is 32.3 Å². The van der Waals surface area contributed by atoms with Gasteiger partial charge >= 0.3 is 0 Å². The molecule has 0 heterocycles. The summed E-state index contributed by atoms with van der Waals surface area (Å²) in [6, 6.07) is 8.69. The van der Waals surface area contributed by atoms with E-state index < -0.39 is 0 Å². The minimum absolute atomic E-state index is 0. The molecule has 0 saturated carbocycles. The molecule has 1 aromatic rings. The number of nitrogens with one attached hydrogen (secondary N) is 1. The maximum Gasteiger partial charge on any atom is 0.0363 e. The molecule has 1 unspecified atom stereocenters. The molecule has 0 aromatic heterocycles. The molecule has 80 valence electrons. The quantitative estimate of drug-likeness (QED) is 0.778. The highest BCUT2D eigenvalue weighted by Crippen LogP contribution is 2.20. The van der Waals surface area contributed by atoms with E-state index in [9.17, 15) is 0 Å². The molecule has 2 rings (SSSR count). The van der Waals surface area contributed by atoms with Crippen molar-refractivity contribution in [3.05, 3.63) is 35.4 Å². The van der Waals surface area contributed by atoms with E-state index in [2.05, 4.69) is 29.7 Å². The van der Waals surface area contributed by atoms with Gasteiger partial charge in [0.05, 0.1) is 0 Å². The molecule has 2 nitrogen and oxygen atoms in total. The van der Waals surface area contributed by atoms with Gasteiger partial charge in [-0.1, -0.05) is 24.3 Å². The zero-order chi connectivity index (χ0) is 8.39. The first-order valence-electron chi connectivity index (χ1n) is 4.36. The van der Waals surface area contributed by atoms with Crippen LogP contribution in [0.15, 0.2) is 24.3 Å². The summed E-state index contributed by atoms with van der Waals surface area (Å²) in [6.45, 7) is 0. The van der Waals surface area contributed by atoms with Gasteiger partial charge < -0.3 is 5.21 Å². The van der Waals surface area contributed by atoms with Gasteiger partial charge in [0.25, 0.3) is 0 Å². The summed E-state index contributed by atoms with van der Waals surface area (Å²) in [7, 11) is 0. The van der Waals surface area contributed by atoms with Crippen molar-refractivity contribution in [1.82, 2.24) is 5.48 Å². The highest BCUT2D eigenvalue weighted by molar-refractivity contribution is 8.93. The van der Waals surface area contributed by atoms with Crippen molar-refractivity contribution in [3.8, 4) is 0 Å². The minimum Gasteiger partial charge on any atom is -0.317 e. The SMILES string of the molecule is Br.Br.ONC1CCc2ccccc2C1. The predicted octanol–water partition coefficient (Wildman–Crippen LogP) is 2.68. The third-order valence-electron chi connectivity index (χ3n) is 2.53. The van der Waals surface area contributed by atoms with Crippen LogP contribution < -0.4 is 5.48 Å². The number of halogens is 2. The Morgan fingerprint density at radius 3 is 2.43 bits per heavy atom. The highest BCUT2D eigenvalue weighted by Gasteiger charge is 2.16. The summed E-state index contributed by atoms with van der Waals surface area (Å²) in [4.78, 5) is 0. The van der Waals surface area contributed by atoms with Crippen LogP contribution in [0, 0.1) is 0 Å². The molecule has 1 atom stereocenters. The first-order chi connectivity index (χ1) is 5.90. The van der Waals surface area contributed by atoms with Crippen molar-refractivity contribution >= 4 is 34.0 Å². The third kappa shape index (κ3) is 3.05. The summed E-state index contributed by atoms with van der Waals surface area (Å²) in [5.41, 5.74) is 5.15. The predicted molar refractivity (Wildman–Crippen MR) is 67.8 cm³/mol. The Morgan fingerprint density at radius 1 is 1.14 bits per heavy atom. The van der Waals surface area contributed by atoms with Gasteiger partial charge in [0.15, 0.2) is 0 Å². The number of hydrogen-bond donors (Lipinski definition) is 2. The Bertz CT molecular complexity index is 281. The maximum atomic E-state index is 8.77. The number of hydroxylamine groups is 1. The van der Waals surface area contributed by atoms with E-state index in [1.54, 1.807) is 0 Å². The van der Waals surface area contributed by atoms with Crippen molar-refractivity contribution in [3.63, 3.8) is 0 Å². The van der Waals surface area contributed by atoms with E-state index in [1.807, 2.05) is 0 Å². The fraction of sp³-hybridized carbons (Fsp3) is 0.400. The normalized spacial score (nSPS) is 18.8. The van der Waals surface area contributed by atoms with Crippen LogP contribution in [0.25, 0.3) is 0 Å². The Balaban J connectivity index is 0.000000845. The van der Waals surface area contributed by atoms with Gasteiger partial charge in [0, 0.05) is 6.04 Å². The van der Waals surface area contributed by atoms with Crippen molar-refractivity contribution in [2.75, 3.05) is 0 Å². The van der Waals surface area contributed by atoms with Crippen LogP contribution in [-0.4, -0.2) is 11.2 Å². The third-order valence-corrected chi connectivity index (χ3v) is 2.53. The summed E-state index contributed by atoms with van der Waals surface area (Å²) in [6.07, 6.45) is 3.06. The largest absolute Gasteiger partial charge is 0.317 e. The van der Waals surface area contributed by atoms with Gasteiger partial charge in [-0.25, -0.2) is 5.48 Å². The van der Waals surface area contributed by atoms with Crippen LogP contribution in [0.4, 0.5) is 0 Å². The lowest BCUT2D eigenvalue weighted by atomic mass is 9.89. The molecular formula is C10H15Br2NO. The molecule has 1 aromatic carbocycles. The molecule has 14 heavy (non-hydrogen) atoms. The monoisotopic (exact) mass is 323 g/mol. The molecule has 0 amide bonds.